The normalized spacial score (nSPS) is 16.5. The van der Waals surface area contributed by atoms with Gasteiger partial charge in [0.15, 0.2) is 0 Å². The van der Waals surface area contributed by atoms with Gasteiger partial charge in [-0.15, -0.1) is 0 Å². The SMILES string of the molecule is CC(C)C(C)(C)CNCc1ccc(N2CCCCC2)cc1. The molecule has 1 heterocycles. The lowest BCUT2D eigenvalue weighted by Crippen LogP contribution is -2.33. The van der Waals surface area contributed by atoms with Crippen LogP contribution in [-0.2, 0) is 6.54 Å². The van der Waals surface area contributed by atoms with Gasteiger partial charge in [0, 0.05) is 31.9 Å². The summed E-state index contributed by atoms with van der Waals surface area (Å²) in [6.45, 7) is 13.8. The molecule has 1 aromatic carbocycles. The highest BCUT2D eigenvalue weighted by Crippen LogP contribution is 2.25. The quantitative estimate of drug-likeness (QED) is 0.832. The molecule has 2 heteroatoms. The van der Waals surface area contributed by atoms with Crippen molar-refractivity contribution in [3.8, 4) is 0 Å². The van der Waals surface area contributed by atoms with Crippen LogP contribution in [0.2, 0.25) is 0 Å². The van der Waals surface area contributed by atoms with Gasteiger partial charge in [0.1, 0.15) is 0 Å². The van der Waals surface area contributed by atoms with Crippen molar-refractivity contribution < 1.29 is 0 Å². The summed E-state index contributed by atoms with van der Waals surface area (Å²) in [5.41, 5.74) is 3.13. The lowest BCUT2D eigenvalue weighted by molar-refractivity contribution is 0.238. The monoisotopic (exact) mass is 288 g/mol. The van der Waals surface area contributed by atoms with Crippen LogP contribution in [0.25, 0.3) is 0 Å². The third kappa shape index (κ3) is 4.74. The van der Waals surface area contributed by atoms with Crippen LogP contribution in [0.4, 0.5) is 5.69 Å². The Kier molecular flexibility index (Phi) is 5.69. The minimum Gasteiger partial charge on any atom is -0.372 e. The van der Waals surface area contributed by atoms with Crippen LogP contribution >= 0.6 is 0 Å². The van der Waals surface area contributed by atoms with Gasteiger partial charge in [-0.05, 0) is 48.3 Å². The Bertz CT molecular complexity index is 414. The Morgan fingerprint density at radius 1 is 1.05 bits per heavy atom. The molecule has 0 spiro atoms. The smallest absolute Gasteiger partial charge is 0.0366 e. The van der Waals surface area contributed by atoms with Gasteiger partial charge in [-0.2, -0.15) is 0 Å². The Balaban J connectivity index is 1.82. The number of anilines is 1. The molecule has 1 saturated heterocycles. The van der Waals surface area contributed by atoms with E-state index in [1.54, 1.807) is 0 Å². The van der Waals surface area contributed by atoms with Crippen LogP contribution in [0.3, 0.4) is 0 Å². The molecule has 1 fully saturated rings. The molecule has 1 aliphatic rings. The van der Waals surface area contributed by atoms with Crippen LogP contribution in [0.5, 0.6) is 0 Å². The van der Waals surface area contributed by atoms with E-state index in [0.717, 1.165) is 13.1 Å². The number of rotatable bonds is 6. The van der Waals surface area contributed by atoms with E-state index in [4.69, 9.17) is 0 Å². The minimum atomic E-state index is 0.355. The Labute approximate surface area is 130 Å². The largest absolute Gasteiger partial charge is 0.372 e. The van der Waals surface area contributed by atoms with Crippen molar-refractivity contribution in [3.63, 3.8) is 0 Å². The molecule has 0 aromatic heterocycles. The van der Waals surface area contributed by atoms with Gasteiger partial charge in [-0.3, -0.25) is 0 Å². The molecule has 1 aliphatic heterocycles. The zero-order valence-electron chi connectivity index (χ0n) is 14.3. The van der Waals surface area contributed by atoms with Crippen molar-refractivity contribution in [2.75, 3.05) is 24.5 Å². The van der Waals surface area contributed by atoms with Crippen LogP contribution in [-0.4, -0.2) is 19.6 Å². The molecule has 1 N–H and O–H groups in total. The standard InChI is InChI=1S/C19H32N2/c1-16(2)19(3,4)15-20-14-17-8-10-18(11-9-17)21-12-6-5-7-13-21/h8-11,16,20H,5-7,12-15H2,1-4H3. The molecule has 0 bridgehead atoms. The molecule has 21 heavy (non-hydrogen) atoms. The average molecular weight is 288 g/mol. The summed E-state index contributed by atoms with van der Waals surface area (Å²) in [5, 5.41) is 3.61. The van der Waals surface area contributed by atoms with Crippen LogP contribution < -0.4 is 10.2 Å². The zero-order chi connectivity index (χ0) is 15.3. The van der Waals surface area contributed by atoms with E-state index in [2.05, 4.69) is 62.2 Å². The third-order valence-electron chi connectivity index (χ3n) is 5.13. The van der Waals surface area contributed by atoms with Gasteiger partial charge in [-0.25, -0.2) is 0 Å². The van der Waals surface area contributed by atoms with Gasteiger partial charge in [0.2, 0.25) is 0 Å². The summed E-state index contributed by atoms with van der Waals surface area (Å²) >= 11 is 0. The molecule has 0 aliphatic carbocycles. The van der Waals surface area contributed by atoms with Crippen molar-refractivity contribution in [1.29, 1.82) is 0 Å². The van der Waals surface area contributed by atoms with Gasteiger partial charge in [0.05, 0.1) is 0 Å². The first-order valence-corrected chi connectivity index (χ1v) is 8.54. The second-order valence-electron chi connectivity index (χ2n) is 7.46. The molecule has 118 valence electrons. The molecule has 0 radical (unpaired) electrons. The topological polar surface area (TPSA) is 15.3 Å². The van der Waals surface area contributed by atoms with Crippen molar-refractivity contribution in [3.05, 3.63) is 29.8 Å². The van der Waals surface area contributed by atoms with Crippen LogP contribution in [0, 0.1) is 11.3 Å². The number of piperidine rings is 1. The third-order valence-corrected chi connectivity index (χ3v) is 5.13. The molecule has 2 nitrogen and oxygen atoms in total. The molecule has 2 rings (SSSR count). The maximum absolute atomic E-state index is 3.61. The van der Waals surface area contributed by atoms with Gasteiger partial charge < -0.3 is 10.2 Å². The van der Waals surface area contributed by atoms with E-state index in [-0.39, 0.29) is 0 Å². The number of hydrogen-bond acceptors (Lipinski definition) is 2. The first-order chi connectivity index (χ1) is 9.99. The predicted octanol–water partition coefficient (Wildman–Crippen LogP) is 4.45. The minimum absolute atomic E-state index is 0.355. The molecule has 0 atom stereocenters. The van der Waals surface area contributed by atoms with E-state index in [0.29, 0.717) is 11.3 Å². The molecule has 1 aromatic rings. The lowest BCUT2D eigenvalue weighted by Gasteiger charge is -2.30. The number of nitrogens with one attached hydrogen (secondary N) is 1. The average Bonchev–Trinajstić information content (AvgIpc) is 2.48. The number of hydrogen-bond donors (Lipinski definition) is 1. The van der Waals surface area contributed by atoms with E-state index in [9.17, 15) is 0 Å². The summed E-state index contributed by atoms with van der Waals surface area (Å²) in [5.74, 6) is 0.700. The first-order valence-electron chi connectivity index (χ1n) is 8.54. The highest BCUT2D eigenvalue weighted by molar-refractivity contribution is 5.47. The van der Waals surface area contributed by atoms with E-state index >= 15 is 0 Å². The van der Waals surface area contributed by atoms with E-state index in [1.165, 1.54) is 43.6 Å². The van der Waals surface area contributed by atoms with E-state index in [1.807, 2.05) is 0 Å². The fraction of sp³-hybridized carbons (Fsp3) is 0.684. The zero-order valence-corrected chi connectivity index (χ0v) is 14.3. The van der Waals surface area contributed by atoms with Crippen molar-refractivity contribution in [2.24, 2.45) is 11.3 Å². The number of nitrogens with zero attached hydrogens (tertiary/aromatic N) is 1. The first kappa shape index (κ1) is 16.4. The summed E-state index contributed by atoms with van der Waals surface area (Å²) in [6, 6.07) is 9.13. The van der Waals surface area contributed by atoms with Crippen LogP contribution in [0.1, 0.15) is 52.5 Å². The fourth-order valence-corrected chi connectivity index (χ4v) is 2.71. The van der Waals surface area contributed by atoms with Gasteiger partial charge >= 0.3 is 0 Å². The summed E-state index contributed by atoms with van der Waals surface area (Å²) < 4.78 is 0. The molecular formula is C19H32N2. The Hall–Kier alpha value is -1.02. The van der Waals surface area contributed by atoms with Gasteiger partial charge in [0.25, 0.3) is 0 Å². The summed E-state index contributed by atoms with van der Waals surface area (Å²) in [6.07, 6.45) is 4.07. The molecule has 0 saturated carbocycles. The Morgan fingerprint density at radius 3 is 2.24 bits per heavy atom. The Morgan fingerprint density at radius 2 is 1.67 bits per heavy atom. The van der Waals surface area contributed by atoms with Gasteiger partial charge in [-0.1, -0.05) is 39.8 Å². The summed E-state index contributed by atoms with van der Waals surface area (Å²) in [7, 11) is 0. The molecular weight excluding hydrogens is 256 g/mol. The maximum Gasteiger partial charge on any atom is 0.0366 e. The lowest BCUT2D eigenvalue weighted by atomic mass is 9.81. The predicted molar refractivity (Wildman–Crippen MR) is 92.8 cm³/mol. The van der Waals surface area contributed by atoms with Crippen molar-refractivity contribution in [1.82, 2.24) is 5.32 Å². The molecule has 0 amide bonds. The second-order valence-corrected chi connectivity index (χ2v) is 7.46. The number of benzene rings is 1. The summed E-state index contributed by atoms with van der Waals surface area (Å²) in [4.78, 5) is 2.52. The van der Waals surface area contributed by atoms with Crippen molar-refractivity contribution >= 4 is 5.69 Å². The van der Waals surface area contributed by atoms with E-state index < -0.39 is 0 Å². The highest BCUT2D eigenvalue weighted by atomic mass is 15.1. The fourth-order valence-electron chi connectivity index (χ4n) is 2.71. The maximum atomic E-state index is 3.61. The highest BCUT2D eigenvalue weighted by Gasteiger charge is 2.21. The second kappa shape index (κ2) is 7.31. The molecule has 0 unspecified atom stereocenters. The van der Waals surface area contributed by atoms with Crippen molar-refractivity contribution in [2.45, 2.75) is 53.5 Å². The van der Waals surface area contributed by atoms with Crippen LogP contribution in [0.15, 0.2) is 24.3 Å².